The van der Waals surface area contributed by atoms with Crippen molar-refractivity contribution in [3.63, 3.8) is 0 Å². The van der Waals surface area contributed by atoms with Gasteiger partial charge < -0.3 is 10.1 Å². The summed E-state index contributed by atoms with van der Waals surface area (Å²) in [5, 5.41) is 6.21. The van der Waals surface area contributed by atoms with Crippen LogP contribution in [-0.4, -0.2) is 34.4 Å². The number of Topliss-reactive ketones (excluding diaryl/α,β-unsaturated/α-hetero) is 1. The molecule has 4 atom stereocenters. The van der Waals surface area contributed by atoms with Crippen LogP contribution in [0.3, 0.4) is 0 Å². The maximum atomic E-state index is 12.7. The minimum Gasteiger partial charge on any atom is -0.362 e. The molecular weight excluding hydrogens is 420 g/mol. The van der Waals surface area contributed by atoms with Crippen LogP contribution in [0.25, 0.3) is 6.08 Å². The van der Waals surface area contributed by atoms with E-state index in [-0.39, 0.29) is 28.8 Å². The number of carbonyl (C=O) groups is 2. The van der Waals surface area contributed by atoms with E-state index in [0.29, 0.717) is 31.7 Å². The molecule has 1 aromatic heterocycles. The van der Waals surface area contributed by atoms with Crippen molar-refractivity contribution in [1.82, 2.24) is 10.3 Å². The van der Waals surface area contributed by atoms with Crippen LogP contribution in [0.2, 0.25) is 0 Å². The van der Waals surface area contributed by atoms with Gasteiger partial charge in [0.25, 0.3) is 0 Å². The van der Waals surface area contributed by atoms with E-state index >= 15 is 0 Å². The van der Waals surface area contributed by atoms with Crippen molar-refractivity contribution in [2.24, 2.45) is 17.3 Å². The number of thiazole rings is 1. The van der Waals surface area contributed by atoms with Gasteiger partial charge in [-0.2, -0.15) is 0 Å². The molecule has 3 heterocycles. The van der Waals surface area contributed by atoms with Crippen molar-refractivity contribution < 1.29 is 14.3 Å². The second-order valence-electron chi connectivity index (χ2n) is 10.8. The number of fused-ring (bicyclic) bond motifs is 1. The number of nitrogens with one attached hydrogen (secondary N) is 1. The lowest BCUT2D eigenvalue weighted by atomic mass is 9.78. The van der Waals surface area contributed by atoms with E-state index in [1.807, 2.05) is 20.8 Å². The van der Waals surface area contributed by atoms with Gasteiger partial charge in [0.1, 0.15) is 11.4 Å². The third-order valence-corrected chi connectivity index (χ3v) is 8.55. The number of aryl methyl sites for hydroxylation is 1. The summed E-state index contributed by atoms with van der Waals surface area (Å²) in [5.41, 5.74) is -0.0115. The highest BCUT2D eigenvalue weighted by Gasteiger charge is 2.65. The van der Waals surface area contributed by atoms with E-state index < -0.39 is 5.41 Å². The van der Waals surface area contributed by atoms with Crippen LogP contribution in [0.5, 0.6) is 0 Å². The number of aromatic nitrogens is 1. The van der Waals surface area contributed by atoms with Crippen LogP contribution in [0, 0.1) is 24.2 Å². The summed E-state index contributed by atoms with van der Waals surface area (Å²) >= 11 is 1.64. The van der Waals surface area contributed by atoms with Crippen molar-refractivity contribution in [3.8, 4) is 0 Å². The van der Waals surface area contributed by atoms with Crippen LogP contribution in [0.15, 0.2) is 11.5 Å². The second kappa shape index (κ2) is 9.76. The fraction of sp³-hybridized carbons (Fsp3) is 0.731. The molecule has 1 amide bonds. The van der Waals surface area contributed by atoms with Crippen molar-refractivity contribution in [2.75, 3.05) is 6.54 Å². The third kappa shape index (κ3) is 5.88. The summed E-state index contributed by atoms with van der Waals surface area (Å²) in [6, 6.07) is 0. The molecule has 2 saturated heterocycles. The molecule has 0 spiro atoms. The number of ketones is 1. The Bertz CT molecular complexity index is 861. The lowest BCUT2D eigenvalue weighted by Crippen LogP contribution is -2.38. The zero-order chi connectivity index (χ0) is 23.6. The number of epoxide rings is 1. The fourth-order valence-electron chi connectivity index (χ4n) is 4.85. The van der Waals surface area contributed by atoms with E-state index in [1.165, 1.54) is 0 Å². The Balaban J connectivity index is 1.77. The van der Waals surface area contributed by atoms with Crippen molar-refractivity contribution >= 4 is 29.1 Å². The molecule has 32 heavy (non-hydrogen) atoms. The van der Waals surface area contributed by atoms with Gasteiger partial charge in [0.15, 0.2) is 0 Å². The summed E-state index contributed by atoms with van der Waals surface area (Å²) < 4.78 is 6.37. The number of hydrogen-bond donors (Lipinski definition) is 1. The first-order valence-corrected chi connectivity index (χ1v) is 12.9. The normalized spacial score (nSPS) is 34.8. The molecule has 0 radical (unpaired) electrons. The summed E-state index contributed by atoms with van der Waals surface area (Å²) in [4.78, 5) is 29.9. The summed E-state index contributed by atoms with van der Waals surface area (Å²) in [6.07, 6.45) is 9.85. The predicted molar refractivity (Wildman–Crippen MR) is 131 cm³/mol. The monoisotopic (exact) mass is 460 g/mol. The smallest absolute Gasteiger partial charge is 0.220 e. The molecule has 0 aliphatic carbocycles. The molecule has 5 nitrogen and oxygen atoms in total. The number of nitrogens with zero attached hydrogens (tertiary/aromatic N) is 1. The minimum atomic E-state index is -0.458. The molecule has 0 saturated carbocycles. The molecule has 178 valence electrons. The van der Waals surface area contributed by atoms with Crippen molar-refractivity contribution in [3.05, 3.63) is 22.2 Å². The molecule has 6 heteroatoms. The zero-order valence-corrected chi connectivity index (χ0v) is 21.4. The Kier molecular flexibility index (Phi) is 7.66. The van der Waals surface area contributed by atoms with E-state index in [9.17, 15) is 9.59 Å². The standard InChI is InChI=1S/C26H40N2O3S/c1-18-8-7-14-25(5)26(6,31-25)20(10-11-21-17-32-19(2)28-21)16-27-23(30)13-15-24(3,4)22(29)12-9-18/h10-11,17-18,20H,7-9,12-16H2,1-6H3,(H,27,30). The molecule has 3 rings (SSSR count). The molecule has 0 bridgehead atoms. The van der Waals surface area contributed by atoms with Gasteiger partial charge in [-0.25, -0.2) is 4.98 Å². The molecule has 1 N–H and O–H groups in total. The van der Waals surface area contributed by atoms with Crippen molar-refractivity contribution in [1.29, 1.82) is 0 Å². The Labute approximate surface area is 197 Å². The molecule has 2 aliphatic rings. The van der Waals surface area contributed by atoms with Gasteiger partial charge >= 0.3 is 0 Å². The quantitative estimate of drug-likeness (QED) is 0.573. The Morgan fingerprint density at radius 3 is 2.59 bits per heavy atom. The van der Waals surface area contributed by atoms with E-state index in [2.05, 4.69) is 48.6 Å². The van der Waals surface area contributed by atoms with Crippen LogP contribution in [0.1, 0.15) is 90.3 Å². The van der Waals surface area contributed by atoms with Crippen LogP contribution in [0.4, 0.5) is 0 Å². The molecule has 4 unspecified atom stereocenters. The highest BCUT2D eigenvalue weighted by atomic mass is 32.1. The van der Waals surface area contributed by atoms with Gasteiger partial charge in [0.05, 0.1) is 16.3 Å². The highest BCUT2D eigenvalue weighted by molar-refractivity contribution is 7.09. The molecular formula is C26H40N2O3S. The van der Waals surface area contributed by atoms with Gasteiger partial charge in [-0.05, 0) is 52.0 Å². The lowest BCUT2D eigenvalue weighted by Gasteiger charge is -2.25. The van der Waals surface area contributed by atoms with Gasteiger partial charge in [0.2, 0.25) is 5.91 Å². The first kappa shape index (κ1) is 25.1. The van der Waals surface area contributed by atoms with Gasteiger partial charge in [-0.1, -0.05) is 39.7 Å². The summed E-state index contributed by atoms with van der Waals surface area (Å²) in [7, 11) is 0. The molecule has 2 fully saturated rings. The second-order valence-corrected chi connectivity index (χ2v) is 11.9. The number of hydrogen-bond acceptors (Lipinski definition) is 5. The zero-order valence-electron chi connectivity index (χ0n) is 20.6. The summed E-state index contributed by atoms with van der Waals surface area (Å²) in [6.45, 7) is 13.1. The Morgan fingerprint density at radius 2 is 1.91 bits per heavy atom. The Hall–Kier alpha value is -1.53. The van der Waals surface area contributed by atoms with Crippen LogP contribution in [-0.2, 0) is 14.3 Å². The SMILES string of the molecule is Cc1nc(C=CC2CNC(=O)CCC(C)(C)C(=O)CCC(C)CCCC3(C)OC23C)cs1. The first-order chi connectivity index (χ1) is 14.9. The largest absolute Gasteiger partial charge is 0.362 e. The van der Waals surface area contributed by atoms with E-state index in [0.717, 1.165) is 36.4 Å². The third-order valence-electron chi connectivity index (χ3n) is 7.76. The van der Waals surface area contributed by atoms with E-state index in [1.54, 1.807) is 11.3 Å². The number of carbonyl (C=O) groups excluding carboxylic acids is 2. The first-order valence-electron chi connectivity index (χ1n) is 12.1. The number of amides is 1. The van der Waals surface area contributed by atoms with Gasteiger partial charge in [0, 0.05) is 36.1 Å². The summed E-state index contributed by atoms with van der Waals surface area (Å²) in [5.74, 6) is 0.843. The minimum absolute atomic E-state index is 0.000179. The highest BCUT2D eigenvalue weighted by Crippen LogP contribution is 2.56. The number of ether oxygens (including phenoxy) is 1. The van der Waals surface area contributed by atoms with Gasteiger partial charge in [-0.15, -0.1) is 11.3 Å². The van der Waals surface area contributed by atoms with E-state index in [4.69, 9.17) is 4.74 Å². The number of rotatable bonds is 2. The van der Waals surface area contributed by atoms with Gasteiger partial charge in [-0.3, -0.25) is 9.59 Å². The molecule has 2 aliphatic heterocycles. The molecule has 0 aromatic carbocycles. The topological polar surface area (TPSA) is 71.6 Å². The van der Waals surface area contributed by atoms with Crippen molar-refractivity contribution in [2.45, 2.75) is 97.7 Å². The average molecular weight is 461 g/mol. The Morgan fingerprint density at radius 1 is 1.16 bits per heavy atom. The lowest BCUT2D eigenvalue weighted by molar-refractivity contribution is -0.128. The maximum absolute atomic E-state index is 12.7. The maximum Gasteiger partial charge on any atom is 0.220 e. The van der Waals surface area contributed by atoms with Crippen LogP contribution >= 0.6 is 11.3 Å². The fourth-order valence-corrected chi connectivity index (χ4v) is 5.43. The molecule has 1 aromatic rings. The average Bonchev–Trinajstić information content (AvgIpc) is 3.04. The predicted octanol–water partition coefficient (Wildman–Crippen LogP) is 5.72. The van der Waals surface area contributed by atoms with Crippen LogP contribution < -0.4 is 5.32 Å².